The van der Waals surface area contributed by atoms with E-state index in [1.165, 1.54) is 16.8 Å². The van der Waals surface area contributed by atoms with Gasteiger partial charge in [0.2, 0.25) is 0 Å². The minimum atomic E-state index is -2.71. The van der Waals surface area contributed by atoms with Crippen LogP contribution in [0.1, 0.15) is 112 Å². The van der Waals surface area contributed by atoms with Crippen LogP contribution in [0.5, 0.6) is 5.75 Å². The molecule has 0 radical (unpaired) electrons. The summed E-state index contributed by atoms with van der Waals surface area (Å²) in [5.74, 6) is 0.764. The van der Waals surface area contributed by atoms with Gasteiger partial charge in [-0.15, -0.1) is 10.2 Å². The molecule has 3 aromatic carbocycles. The Kier molecular flexibility index (Phi) is 14.4. The second-order valence-corrected chi connectivity index (χ2v) is 27.5. The van der Waals surface area contributed by atoms with Gasteiger partial charge in [0.05, 0.1) is 32.1 Å². The highest BCUT2D eigenvalue weighted by molar-refractivity contribution is 6.99. The van der Waals surface area contributed by atoms with E-state index in [0.29, 0.717) is 47.9 Å². The molecule has 1 N–H and O–H groups in total. The number of esters is 1. The van der Waals surface area contributed by atoms with Gasteiger partial charge >= 0.3 is 5.97 Å². The summed E-state index contributed by atoms with van der Waals surface area (Å²) >= 11 is 12.6. The van der Waals surface area contributed by atoms with Crippen molar-refractivity contribution in [1.82, 2.24) is 25.0 Å². The zero-order chi connectivity index (χ0) is 50.2. The molecule has 2 unspecified atom stereocenters. The molecule has 0 aliphatic heterocycles. The van der Waals surface area contributed by atoms with E-state index in [-0.39, 0.29) is 39.2 Å². The number of anilines is 1. The lowest BCUT2D eigenvalue weighted by molar-refractivity contribution is -0.249. The fraction of sp³-hybridized carbons (Fsp3) is 0.456. The van der Waals surface area contributed by atoms with Crippen molar-refractivity contribution in [3.8, 4) is 16.9 Å². The van der Waals surface area contributed by atoms with E-state index in [1.807, 2.05) is 49.5 Å². The van der Waals surface area contributed by atoms with E-state index in [4.69, 9.17) is 51.9 Å². The third-order valence-corrected chi connectivity index (χ3v) is 21.2. The predicted octanol–water partition coefficient (Wildman–Crippen LogP) is 11.8. The SMILES string of the molecule is COc1ccc(COC(=O)c2nc(NCCCc3c(Cl)nnc(Cl)c3C)ccc2-c2cnn(CC34CC5(C)CC(C)(C3)CC(OCCO[Si](c3ccccc3)(c3ccccc3)C(C)(C)C)(C5)C4)c2C)cc1. The molecule has 10 rings (SSSR count). The molecule has 71 heavy (non-hydrogen) atoms. The quantitative estimate of drug-likeness (QED) is 0.0477. The molecule has 6 aromatic rings. The normalized spacial score (nSPS) is 22.7. The van der Waals surface area contributed by atoms with E-state index in [9.17, 15) is 4.79 Å². The summed E-state index contributed by atoms with van der Waals surface area (Å²) in [5.41, 5.74) is 5.26. The van der Waals surface area contributed by atoms with Gasteiger partial charge in [-0.05, 0) is 138 Å². The van der Waals surface area contributed by atoms with Crippen molar-refractivity contribution < 1.29 is 23.4 Å². The Labute approximate surface area is 430 Å². The van der Waals surface area contributed by atoms with E-state index in [0.717, 1.165) is 78.8 Å². The van der Waals surface area contributed by atoms with Crippen molar-refractivity contribution in [3.05, 3.63) is 142 Å². The van der Waals surface area contributed by atoms with Crippen LogP contribution in [0.2, 0.25) is 15.3 Å². The van der Waals surface area contributed by atoms with Crippen LogP contribution >= 0.6 is 23.2 Å². The standard InChI is InChI=1S/C57H68Cl2N6O5Si/c1-39-45(51(59)64-63-50(39)58)20-15-27-60-48-26-25-46(49(62-48)52(66)68-31-41-21-23-42(67-8)24-22-41)47-30-61-65(40(47)2)38-56-33-54(6)32-55(7,34-56)36-57(35-54,37-56)69-28-29-70-71(53(3,4)5,43-16-11-9-12-17-43)44-18-13-10-14-19-44/h9-14,16-19,21-26,30H,15,20,27-29,31-38H2,1-8H3,(H,60,62). The molecule has 4 bridgehead atoms. The van der Waals surface area contributed by atoms with Gasteiger partial charge in [0.15, 0.2) is 16.0 Å². The first-order chi connectivity index (χ1) is 33.9. The summed E-state index contributed by atoms with van der Waals surface area (Å²) in [6.45, 7) is 18.4. The molecule has 4 saturated carbocycles. The lowest BCUT2D eigenvalue weighted by atomic mass is 9.39. The minimum Gasteiger partial charge on any atom is -0.497 e. The summed E-state index contributed by atoms with van der Waals surface area (Å²) in [6.07, 6.45) is 9.77. The maximum Gasteiger partial charge on any atom is 0.358 e. The van der Waals surface area contributed by atoms with Crippen LogP contribution < -0.4 is 20.4 Å². The maximum atomic E-state index is 14.2. The van der Waals surface area contributed by atoms with Gasteiger partial charge in [-0.2, -0.15) is 5.10 Å². The minimum absolute atomic E-state index is 0.0161. The van der Waals surface area contributed by atoms with E-state index < -0.39 is 14.3 Å². The third-order valence-electron chi connectivity index (χ3n) is 15.5. The Bertz CT molecular complexity index is 2800. The number of nitrogens with one attached hydrogen (secondary N) is 1. The molecule has 3 heterocycles. The molecule has 14 heteroatoms. The second kappa shape index (κ2) is 20.1. The van der Waals surface area contributed by atoms with Crippen molar-refractivity contribution in [3.63, 3.8) is 0 Å². The fourth-order valence-corrected chi connectivity index (χ4v) is 18.7. The topological polar surface area (TPSA) is 123 Å². The number of halogens is 2. The highest BCUT2D eigenvalue weighted by Gasteiger charge is 2.66. The predicted molar refractivity (Wildman–Crippen MR) is 285 cm³/mol. The Morgan fingerprint density at radius 3 is 2.07 bits per heavy atom. The summed E-state index contributed by atoms with van der Waals surface area (Å²) in [5, 5.41) is 19.5. The molecule has 4 aliphatic carbocycles. The number of benzene rings is 3. The van der Waals surface area contributed by atoms with E-state index in [1.54, 1.807) is 7.11 Å². The molecule has 4 fully saturated rings. The monoisotopic (exact) mass is 1010 g/mol. The number of hydrogen-bond donors (Lipinski definition) is 1. The van der Waals surface area contributed by atoms with Crippen molar-refractivity contribution in [2.45, 2.75) is 124 Å². The molecule has 2 atom stereocenters. The number of rotatable bonds is 19. The van der Waals surface area contributed by atoms with Crippen molar-refractivity contribution >= 4 is 53.7 Å². The van der Waals surface area contributed by atoms with Gasteiger partial charge in [-0.25, -0.2) is 9.78 Å². The number of methoxy groups -OCH3 is 1. The average molecular weight is 1020 g/mol. The van der Waals surface area contributed by atoms with Crippen LogP contribution in [0.25, 0.3) is 11.1 Å². The first-order valence-electron chi connectivity index (χ1n) is 25.0. The lowest BCUT2D eigenvalue weighted by Gasteiger charge is -2.69. The smallest absolute Gasteiger partial charge is 0.358 e. The molecule has 3 aromatic heterocycles. The summed E-state index contributed by atoms with van der Waals surface area (Å²) in [4.78, 5) is 19.1. The number of aromatic nitrogens is 5. The Hall–Kier alpha value is -5.11. The van der Waals surface area contributed by atoms with Crippen LogP contribution in [0, 0.1) is 30.1 Å². The van der Waals surface area contributed by atoms with Gasteiger partial charge in [0.25, 0.3) is 8.32 Å². The lowest BCUT2D eigenvalue weighted by Crippen LogP contribution is -2.67. The van der Waals surface area contributed by atoms with Gasteiger partial charge < -0.3 is 24.0 Å². The van der Waals surface area contributed by atoms with E-state index >= 15 is 0 Å². The van der Waals surface area contributed by atoms with Crippen molar-refractivity contribution in [2.75, 3.05) is 32.2 Å². The van der Waals surface area contributed by atoms with Crippen LogP contribution in [-0.4, -0.2) is 71.7 Å². The molecule has 0 spiro atoms. The summed E-state index contributed by atoms with van der Waals surface area (Å²) in [7, 11) is -1.09. The Morgan fingerprint density at radius 2 is 1.44 bits per heavy atom. The molecule has 0 amide bonds. The number of ether oxygens (including phenoxy) is 3. The van der Waals surface area contributed by atoms with Crippen molar-refractivity contribution in [2.24, 2.45) is 16.2 Å². The zero-order valence-electron chi connectivity index (χ0n) is 42.5. The highest BCUT2D eigenvalue weighted by Crippen LogP contribution is 2.72. The molecule has 0 saturated heterocycles. The molecule has 374 valence electrons. The van der Waals surface area contributed by atoms with Crippen LogP contribution in [0.4, 0.5) is 5.82 Å². The maximum absolute atomic E-state index is 14.2. The van der Waals surface area contributed by atoms with Gasteiger partial charge in [-0.3, -0.25) is 4.68 Å². The molecular formula is C57H68Cl2N6O5Si. The summed E-state index contributed by atoms with van der Waals surface area (Å²) < 4.78 is 28.1. The average Bonchev–Trinajstić information content (AvgIpc) is 3.68. The second-order valence-electron chi connectivity index (χ2n) is 22.5. The van der Waals surface area contributed by atoms with Gasteiger partial charge in [0, 0.05) is 29.9 Å². The molecule has 4 aliphatic rings. The first kappa shape index (κ1) is 50.8. The number of nitrogens with zero attached hydrogens (tertiary/aromatic N) is 5. The number of hydrogen-bond acceptors (Lipinski definition) is 10. The fourth-order valence-electron chi connectivity index (χ4n) is 13.7. The van der Waals surface area contributed by atoms with E-state index in [2.05, 4.69) is 122 Å². The third kappa shape index (κ3) is 10.4. The largest absolute Gasteiger partial charge is 0.497 e. The first-order valence-corrected chi connectivity index (χ1v) is 27.7. The van der Waals surface area contributed by atoms with Crippen LogP contribution in [0.3, 0.4) is 0 Å². The Morgan fingerprint density at radius 1 is 0.789 bits per heavy atom. The van der Waals surface area contributed by atoms with Gasteiger partial charge in [0.1, 0.15) is 18.2 Å². The number of carbonyl (C=O) groups excluding carboxylic acids is 1. The highest BCUT2D eigenvalue weighted by atomic mass is 35.5. The summed E-state index contributed by atoms with van der Waals surface area (Å²) in [6, 6.07) is 33.1. The number of carbonyl (C=O) groups is 1. The van der Waals surface area contributed by atoms with Gasteiger partial charge in [-0.1, -0.05) is 131 Å². The van der Waals surface area contributed by atoms with Crippen molar-refractivity contribution in [1.29, 1.82) is 0 Å². The zero-order valence-corrected chi connectivity index (χ0v) is 45.1. The van der Waals surface area contributed by atoms with Crippen LogP contribution in [-0.2, 0) is 33.5 Å². The van der Waals surface area contributed by atoms with Crippen LogP contribution in [0.15, 0.2) is 103 Å². The number of pyridine rings is 1. The molecule has 11 nitrogen and oxygen atoms in total. The Balaban J connectivity index is 0.944. The molecular weight excluding hydrogens is 948 g/mol.